The van der Waals surface area contributed by atoms with Crippen molar-refractivity contribution in [2.24, 2.45) is 0 Å². The molecule has 1 unspecified atom stereocenters. The Labute approximate surface area is 163 Å². The number of fused-ring (bicyclic) bond motifs is 1. The summed E-state index contributed by atoms with van der Waals surface area (Å²) < 4.78 is 12.5. The van der Waals surface area contributed by atoms with Crippen molar-refractivity contribution in [3.63, 3.8) is 0 Å². The molecule has 0 saturated heterocycles. The van der Waals surface area contributed by atoms with Gasteiger partial charge in [0, 0.05) is 17.0 Å². The van der Waals surface area contributed by atoms with Gasteiger partial charge in [0.05, 0.1) is 38.3 Å². The number of anilines is 1. The molecule has 2 heterocycles. The maximum absolute atomic E-state index is 12.5. The summed E-state index contributed by atoms with van der Waals surface area (Å²) in [5.41, 5.74) is 2.21. The van der Waals surface area contributed by atoms with Crippen LogP contribution >= 0.6 is 0 Å². The van der Waals surface area contributed by atoms with Gasteiger partial charge >= 0.3 is 6.03 Å². The zero-order valence-corrected chi connectivity index (χ0v) is 16.7. The number of amides is 2. The van der Waals surface area contributed by atoms with E-state index in [1.807, 2.05) is 49.7 Å². The van der Waals surface area contributed by atoms with E-state index in [0.717, 1.165) is 16.6 Å². The van der Waals surface area contributed by atoms with Gasteiger partial charge in [0.15, 0.2) is 5.65 Å². The van der Waals surface area contributed by atoms with Gasteiger partial charge in [-0.25, -0.2) is 14.5 Å². The molecule has 3 rings (SSSR count). The van der Waals surface area contributed by atoms with E-state index in [1.165, 1.54) is 0 Å². The Bertz CT molecular complexity index is 983. The minimum absolute atomic E-state index is 0.214. The van der Waals surface area contributed by atoms with E-state index in [2.05, 4.69) is 20.7 Å². The van der Waals surface area contributed by atoms with Crippen LogP contribution in [0, 0.1) is 0 Å². The standard InChI is InChI=1S/C20H25N5O3/c1-12(2)25-19-14(10-22-25)8-15(11-21-19)24-20(26)23-13(3)17-9-16(27-4)6-7-18(17)28-5/h6-13H,1-5H3,(H2,23,24,26). The number of rotatable bonds is 6. The van der Waals surface area contributed by atoms with E-state index in [4.69, 9.17) is 9.47 Å². The van der Waals surface area contributed by atoms with Crippen LogP contribution in [0.3, 0.4) is 0 Å². The van der Waals surface area contributed by atoms with E-state index in [-0.39, 0.29) is 18.1 Å². The SMILES string of the molecule is COc1ccc(OC)c(C(C)NC(=O)Nc2cnc3c(cnn3C(C)C)c2)c1. The lowest BCUT2D eigenvalue weighted by Crippen LogP contribution is -2.31. The number of carbonyl (C=O) groups excluding carboxylic acids is 1. The van der Waals surface area contributed by atoms with Crippen LogP contribution in [0.15, 0.2) is 36.7 Å². The van der Waals surface area contributed by atoms with Crippen molar-refractivity contribution >= 4 is 22.8 Å². The molecule has 8 nitrogen and oxygen atoms in total. The molecule has 148 valence electrons. The van der Waals surface area contributed by atoms with Crippen LogP contribution in [0.4, 0.5) is 10.5 Å². The quantitative estimate of drug-likeness (QED) is 0.673. The molecule has 0 spiro atoms. The van der Waals surface area contributed by atoms with Crippen LogP contribution in [0.1, 0.15) is 38.4 Å². The minimum atomic E-state index is -0.338. The van der Waals surface area contributed by atoms with Crippen LogP contribution in [-0.2, 0) is 0 Å². The molecule has 0 bridgehead atoms. The third-order valence-electron chi connectivity index (χ3n) is 4.43. The maximum Gasteiger partial charge on any atom is 0.319 e. The molecule has 1 atom stereocenters. The molecule has 3 aromatic rings. The first-order valence-corrected chi connectivity index (χ1v) is 9.05. The molecule has 8 heteroatoms. The number of nitrogens with one attached hydrogen (secondary N) is 2. The summed E-state index contributed by atoms with van der Waals surface area (Å²) >= 11 is 0. The highest BCUT2D eigenvalue weighted by Gasteiger charge is 2.16. The highest BCUT2D eigenvalue weighted by Crippen LogP contribution is 2.29. The second-order valence-corrected chi connectivity index (χ2v) is 6.75. The number of hydrogen-bond acceptors (Lipinski definition) is 5. The first kappa shape index (κ1) is 19.5. The third kappa shape index (κ3) is 4.00. The predicted molar refractivity (Wildman–Crippen MR) is 108 cm³/mol. The van der Waals surface area contributed by atoms with Crippen LogP contribution in [0.2, 0.25) is 0 Å². The van der Waals surface area contributed by atoms with E-state index in [1.54, 1.807) is 26.6 Å². The van der Waals surface area contributed by atoms with Crippen LogP contribution in [0.25, 0.3) is 11.0 Å². The molecule has 28 heavy (non-hydrogen) atoms. The zero-order valence-electron chi connectivity index (χ0n) is 16.7. The van der Waals surface area contributed by atoms with Crippen molar-refractivity contribution < 1.29 is 14.3 Å². The number of benzene rings is 1. The lowest BCUT2D eigenvalue weighted by molar-refractivity contribution is 0.249. The first-order chi connectivity index (χ1) is 13.4. The average molecular weight is 383 g/mol. The maximum atomic E-state index is 12.5. The smallest absolute Gasteiger partial charge is 0.319 e. The van der Waals surface area contributed by atoms with Crippen molar-refractivity contribution in [1.82, 2.24) is 20.1 Å². The Morgan fingerprint density at radius 2 is 1.89 bits per heavy atom. The van der Waals surface area contributed by atoms with Gasteiger partial charge in [0.25, 0.3) is 0 Å². The summed E-state index contributed by atoms with van der Waals surface area (Å²) in [4.78, 5) is 16.9. The Morgan fingerprint density at radius 1 is 1.11 bits per heavy atom. The Hall–Kier alpha value is -3.29. The zero-order chi connectivity index (χ0) is 20.3. The van der Waals surface area contributed by atoms with E-state index in [9.17, 15) is 4.79 Å². The molecule has 0 fully saturated rings. The molecule has 0 aliphatic rings. The summed E-state index contributed by atoms with van der Waals surface area (Å²) in [5.74, 6) is 1.37. The number of urea groups is 1. The molecular weight excluding hydrogens is 358 g/mol. The van der Waals surface area contributed by atoms with Crippen molar-refractivity contribution in [2.45, 2.75) is 32.9 Å². The molecule has 2 N–H and O–H groups in total. The number of ether oxygens (including phenoxy) is 2. The lowest BCUT2D eigenvalue weighted by atomic mass is 10.1. The molecule has 0 saturated carbocycles. The summed E-state index contributed by atoms with van der Waals surface area (Å²) in [6.07, 6.45) is 3.37. The molecule has 0 aliphatic carbocycles. The molecule has 1 aromatic carbocycles. The Balaban J connectivity index is 1.72. The van der Waals surface area contributed by atoms with Gasteiger partial charge in [-0.1, -0.05) is 0 Å². The summed E-state index contributed by atoms with van der Waals surface area (Å²) in [6, 6.07) is 6.91. The van der Waals surface area contributed by atoms with Gasteiger partial charge in [-0.15, -0.1) is 0 Å². The van der Waals surface area contributed by atoms with E-state index < -0.39 is 0 Å². The van der Waals surface area contributed by atoms with Gasteiger partial charge in [0.2, 0.25) is 0 Å². The normalized spacial score (nSPS) is 12.1. The molecule has 2 aromatic heterocycles. The minimum Gasteiger partial charge on any atom is -0.497 e. The summed E-state index contributed by atoms with van der Waals surface area (Å²) in [7, 11) is 3.19. The van der Waals surface area contributed by atoms with Crippen LogP contribution in [0.5, 0.6) is 11.5 Å². The number of aromatic nitrogens is 3. The fourth-order valence-electron chi connectivity index (χ4n) is 3.01. The molecule has 0 radical (unpaired) electrons. The molecule has 2 amide bonds. The molecule has 0 aliphatic heterocycles. The largest absolute Gasteiger partial charge is 0.497 e. The first-order valence-electron chi connectivity index (χ1n) is 9.05. The second kappa shape index (κ2) is 8.16. The number of nitrogens with zero attached hydrogens (tertiary/aromatic N) is 3. The van der Waals surface area contributed by atoms with Crippen molar-refractivity contribution in [2.75, 3.05) is 19.5 Å². The van der Waals surface area contributed by atoms with E-state index >= 15 is 0 Å². The number of hydrogen-bond donors (Lipinski definition) is 2. The van der Waals surface area contributed by atoms with Crippen molar-refractivity contribution in [1.29, 1.82) is 0 Å². The van der Waals surface area contributed by atoms with Crippen molar-refractivity contribution in [3.05, 3.63) is 42.2 Å². The van der Waals surface area contributed by atoms with Gasteiger partial charge in [-0.3, -0.25) is 0 Å². The van der Waals surface area contributed by atoms with Crippen molar-refractivity contribution in [3.8, 4) is 11.5 Å². The fraction of sp³-hybridized carbons (Fsp3) is 0.350. The Morgan fingerprint density at radius 3 is 2.57 bits per heavy atom. The van der Waals surface area contributed by atoms with Gasteiger partial charge < -0.3 is 20.1 Å². The lowest BCUT2D eigenvalue weighted by Gasteiger charge is -2.18. The number of pyridine rings is 1. The monoisotopic (exact) mass is 383 g/mol. The topological polar surface area (TPSA) is 90.3 Å². The van der Waals surface area contributed by atoms with Crippen LogP contribution in [-0.4, -0.2) is 35.0 Å². The van der Waals surface area contributed by atoms with Gasteiger partial charge in [-0.2, -0.15) is 5.10 Å². The van der Waals surface area contributed by atoms with E-state index in [0.29, 0.717) is 17.2 Å². The van der Waals surface area contributed by atoms with Gasteiger partial charge in [-0.05, 0) is 45.0 Å². The summed E-state index contributed by atoms with van der Waals surface area (Å²) in [6.45, 7) is 5.97. The predicted octanol–water partition coefficient (Wildman–Crippen LogP) is 3.91. The number of carbonyl (C=O) groups is 1. The van der Waals surface area contributed by atoms with Crippen LogP contribution < -0.4 is 20.1 Å². The second-order valence-electron chi connectivity index (χ2n) is 6.75. The highest BCUT2D eigenvalue weighted by atomic mass is 16.5. The Kier molecular flexibility index (Phi) is 5.67. The average Bonchev–Trinajstić information content (AvgIpc) is 3.10. The van der Waals surface area contributed by atoms with Gasteiger partial charge in [0.1, 0.15) is 11.5 Å². The fourth-order valence-corrected chi connectivity index (χ4v) is 3.01. The third-order valence-corrected chi connectivity index (χ3v) is 4.43. The molecular formula is C20H25N5O3. The number of methoxy groups -OCH3 is 2. The summed E-state index contributed by atoms with van der Waals surface area (Å²) in [5, 5.41) is 10.9. The highest BCUT2D eigenvalue weighted by molar-refractivity contribution is 5.91.